The maximum absolute atomic E-state index is 12.8. The minimum Gasteiger partial charge on any atom is -0.288 e. The van der Waals surface area contributed by atoms with E-state index in [9.17, 15) is 26.4 Å². The van der Waals surface area contributed by atoms with Crippen LogP contribution >= 0.6 is 24.0 Å². The Bertz CT molecular complexity index is 1240. The van der Waals surface area contributed by atoms with Gasteiger partial charge in [-0.1, -0.05) is 61.4 Å². The molecule has 1 N–H and O–H groups in total. The van der Waals surface area contributed by atoms with Gasteiger partial charge in [-0.2, -0.15) is 13.2 Å². The average Bonchev–Trinajstić information content (AvgIpc) is 3.07. The highest BCUT2D eigenvalue weighted by Gasteiger charge is 2.34. The first kappa shape index (κ1) is 25.8. The van der Waals surface area contributed by atoms with Crippen molar-refractivity contribution in [3.8, 4) is 0 Å². The van der Waals surface area contributed by atoms with Crippen molar-refractivity contribution >= 4 is 50.3 Å². The lowest BCUT2D eigenvalue weighted by Gasteiger charge is -2.22. The Hall–Kier alpha value is -2.28. The number of pyridine rings is 1. The number of thiocarbonyl (C=S) groups is 1. The second-order valence-electron chi connectivity index (χ2n) is 8.34. The van der Waals surface area contributed by atoms with E-state index in [0.29, 0.717) is 16.0 Å². The summed E-state index contributed by atoms with van der Waals surface area (Å²) in [6.45, 7) is -0.00282. The van der Waals surface area contributed by atoms with Crippen molar-refractivity contribution in [2.24, 2.45) is 0 Å². The fraction of sp³-hybridized carbons (Fsp3) is 0.348. The molecular formula is C23H22F3N3O3S3. The molecule has 2 heterocycles. The summed E-state index contributed by atoms with van der Waals surface area (Å²) in [7, 11) is -3.63. The van der Waals surface area contributed by atoms with Gasteiger partial charge in [0.2, 0.25) is 10.0 Å². The molecule has 0 atom stereocenters. The summed E-state index contributed by atoms with van der Waals surface area (Å²) in [4.78, 5) is 18.0. The van der Waals surface area contributed by atoms with Crippen LogP contribution in [0.25, 0.3) is 6.08 Å². The second-order valence-corrected chi connectivity index (χ2v) is 11.7. The maximum Gasteiger partial charge on any atom is 0.433 e. The number of halogens is 3. The van der Waals surface area contributed by atoms with Gasteiger partial charge in [-0.05, 0) is 48.2 Å². The standard InChI is InChI=1S/C23H22F3N3O3S3/c24-23(25,26)20-11-8-16(13-27-20)14-29-21(30)19(34-22(29)33)12-15-6-9-18(10-7-15)35(31,32)28-17-4-2-1-3-5-17/h6-13,17,28H,1-5,14H2/b19-12-. The number of amides is 1. The molecule has 35 heavy (non-hydrogen) atoms. The number of thioether (sulfide) groups is 1. The van der Waals surface area contributed by atoms with Crippen LogP contribution in [-0.2, 0) is 27.5 Å². The van der Waals surface area contributed by atoms with E-state index in [1.165, 1.54) is 23.1 Å². The van der Waals surface area contributed by atoms with Crippen LogP contribution in [0.2, 0.25) is 0 Å². The number of hydrogen-bond acceptors (Lipinski definition) is 6. The minimum atomic E-state index is -4.54. The van der Waals surface area contributed by atoms with E-state index >= 15 is 0 Å². The summed E-state index contributed by atoms with van der Waals surface area (Å²) >= 11 is 6.36. The number of nitrogens with zero attached hydrogens (tertiary/aromatic N) is 2. The number of hydrogen-bond donors (Lipinski definition) is 1. The number of alkyl halides is 3. The van der Waals surface area contributed by atoms with Gasteiger partial charge >= 0.3 is 6.18 Å². The summed E-state index contributed by atoms with van der Waals surface area (Å²) in [6.07, 6.45) is 2.97. The van der Waals surface area contributed by atoms with Gasteiger partial charge in [-0.25, -0.2) is 13.1 Å². The first-order valence-corrected chi connectivity index (χ1v) is 13.6. The fourth-order valence-electron chi connectivity index (χ4n) is 3.91. The van der Waals surface area contributed by atoms with Gasteiger partial charge in [0.25, 0.3) is 5.91 Å². The number of benzene rings is 1. The number of rotatable bonds is 6. The van der Waals surface area contributed by atoms with E-state index < -0.39 is 21.9 Å². The Balaban J connectivity index is 1.43. The first-order valence-electron chi connectivity index (χ1n) is 10.9. The van der Waals surface area contributed by atoms with Crippen molar-refractivity contribution in [3.05, 3.63) is 64.3 Å². The predicted octanol–water partition coefficient (Wildman–Crippen LogP) is 5.11. The van der Waals surface area contributed by atoms with Crippen LogP contribution in [0, 0.1) is 0 Å². The Morgan fingerprint density at radius 3 is 2.40 bits per heavy atom. The lowest BCUT2D eigenvalue weighted by Crippen LogP contribution is -2.36. The van der Waals surface area contributed by atoms with Gasteiger partial charge in [0.15, 0.2) is 0 Å². The van der Waals surface area contributed by atoms with Crippen molar-refractivity contribution < 1.29 is 26.4 Å². The average molecular weight is 542 g/mol. The summed E-state index contributed by atoms with van der Waals surface area (Å²) in [5.74, 6) is -0.379. The van der Waals surface area contributed by atoms with E-state index in [4.69, 9.17) is 12.2 Å². The van der Waals surface area contributed by atoms with E-state index in [1.807, 2.05) is 0 Å². The molecule has 1 saturated carbocycles. The molecule has 1 aliphatic heterocycles. The molecule has 0 unspecified atom stereocenters. The molecule has 0 bridgehead atoms. The highest BCUT2D eigenvalue weighted by molar-refractivity contribution is 8.26. The third-order valence-corrected chi connectivity index (χ3v) is 8.66. The van der Waals surface area contributed by atoms with Gasteiger partial charge in [0.1, 0.15) is 10.0 Å². The smallest absolute Gasteiger partial charge is 0.288 e. The molecule has 2 aromatic rings. The zero-order chi connectivity index (χ0) is 25.2. The monoisotopic (exact) mass is 541 g/mol. The van der Waals surface area contributed by atoms with Crippen molar-refractivity contribution in [1.82, 2.24) is 14.6 Å². The fourth-order valence-corrected chi connectivity index (χ4v) is 6.47. The topological polar surface area (TPSA) is 79.4 Å². The van der Waals surface area contributed by atoms with Crippen LogP contribution in [0.1, 0.15) is 48.9 Å². The molecule has 4 rings (SSSR count). The highest BCUT2D eigenvalue weighted by atomic mass is 32.2. The molecule has 1 saturated heterocycles. The van der Waals surface area contributed by atoms with Crippen LogP contribution in [0.4, 0.5) is 13.2 Å². The Morgan fingerprint density at radius 1 is 1.11 bits per heavy atom. The van der Waals surface area contributed by atoms with Gasteiger partial charge in [0, 0.05) is 12.2 Å². The van der Waals surface area contributed by atoms with E-state index in [-0.39, 0.29) is 27.7 Å². The zero-order valence-corrected chi connectivity index (χ0v) is 20.9. The van der Waals surface area contributed by atoms with Crippen molar-refractivity contribution in [3.63, 3.8) is 0 Å². The molecular weight excluding hydrogens is 519 g/mol. The highest BCUT2D eigenvalue weighted by Crippen LogP contribution is 2.34. The van der Waals surface area contributed by atoms with Crippen LogP contribution in [-0.4, -0.2) is 34.6 Å². The van der Waals surface area contributed by atoms with Crippen molar-refractivity contribution in [2.45, 2.75) is 55.8 Å². The molecule has 1 aromatic heterocycles. The van der Waals surface area contributed by atoms with Crippen LogP contribution < -0.4 is 4.72 Å². The summed E-state index contributed by atoms with van der Waals surface area (Å²) in [5.41, 5.74) is 0.0276. The maximum atomic E-state index is 12.8. The van der Waals surface area contributed by atoms with Gasteiger partial charge in [0.05, 0.1) is 16.3 Å². The van der Waals surface area contributed by atoms with E-state index in [1.54, 1.807) is 18.2 Å². The lowest BCUT2D eigenvalue weighted by molar-refractivity contribution is -0.141. The quantitative estimate of drug-likeness (QED) is 0.404. The van der Waals surface area contributed by atoms with E-state index in [2.05, 4.69) is 9.71 Å². The number of carbonyl (C=O) groups is 1. The van der Waals surface area contributed by atoms with Crippen molar-refractivity contribution in [1.29, 1.82) is 0 Å². The molecule has 2 fully saturated rings. The predicted molar refractivity (Wildman–Crippen MR) is 132 cm³/mol. The van der Waals surface area contributed by atoms with E-state index in [0.717, 1.165) is 56.1 Å². The third-order valence-electron chi connectivity index (χ3n) is 5.74. The van der Waals surface area contributed by atoms with Crippen LogP contribution in [0.5, 0.6) is 0 Å². The molecule has 0 radical (unpaired) electrons. The molecule has 2 aliphatic rings. The Labute approximate surface area is 211 Å². The molecule has 12 heteroatoms. The van der Waals surface area contributed by atoms with Gasteiger partial charge < -0.3 is 0 Å². The summed E-state index contributed by atoms with van der Waals surface area (Å²) in [5, 5.41) is 0. The lowest BCUT2D eigenvalue weighted by atomic mass is 9.96. The molecule has 1 amide bonds. The summed E-state index contributed by atoms with van der Waals surface area (Å²) in [6, 6.07) is 8.29. The van der Waals surface area contributed by atoms with Crippen LogP contribution in [0.15, 0.2) is 52.4 Å². The minimum absolute atomic E-state index is 0.00282. The van der Waals surface area contributed by atoms with Crippen LogP contribution in [0.3, 0.4) is 0 Å². The molecule has 1 aliphatic carbocycles. The Morgan fingerprint density at radius 2 is 1.80 bits per heavy atom. The van der Waals surface area contributed by atoms with Crippen molar-refractivity contribution in [2.75, 3.05) is 0 Å². The zero-order valence-electron chi connectivity index (χ0n) is 18.4. The second kappa shape index (κ2) is 10.4. The number of nitrogens with one attached hydrogen (secondary N) is 1. The molecule has 0 spiro atoms. The largest absolute Gasteiger partial charge is 0.433 e. The number of carbonyl (C=O) groups excluding carboxylic acids is 1. The molecule has 1 aromatic carbocycles. The summed E-state index contributed by atoms with van der Waals surface area (Å²) < 4.78 is 66.5. The Kier molecular flexibility index (Phi) is 7.65. The third kappa shape index (κ3) is 6.29. The number of aromatic nitrogens is 1. The number of sulfonamides is 1. The van der Waals surface area contributed by atoms with Gasteiger partial charge in [-0.3, -0.25) is 14.7 Å². The normalized spacial score (nSPS) is 19.1. The molecule has 186 valence electrons. The van der Waals surface area contributed by atoms with Gasteiger partial charge in [-0.15, -0.1) is 0 Å². The first-order chi connectivity index (χ1) is 16.5. The molecule has 6 nitrogen and oxygen atoms in total. The SMILES string of the molecule is O=C1/C(=C/c2ccc(S(=O)(=O)NC3CCCCC3)cc2)SC(=S)N1Cc1ccc(C(F)(F)F)nc1.